The lowest BCUT2D eigenvalue weighted by Crippen LogP contribution is -2.48. The second-order valence-corrected chi connectivity index (χ2v) is 6.55. The van der Waals surface area contributed by atoms with E-state index in [2.05, 4.69) is 27.5 Å². The fourth-order valence-corrected chi connectivity index (χ4v) is 2.06. The van der Waals surface area contributed by atoms with Gasteiger partial charge in [-0.1, -0.05) is 30.9 Å². The molecule has 0 aliphatic heterocycles. The first-order valence-corrected chi connectivity index (χ1v) is 8.50. The Hall–Kier alpha value is -2.50. The Kier molecular flexibility index (Phi) is 8.53. The van der Waals surface area contributed by atoms with E-state index in [0.717, 1.165) is 11.3 Å². The van der Waals surface area contributed by atoms with Gasteiger partial charge in [-0.3, -0.25) is 4.79 Å². The van der Waals surface area contributed by atoms with Crippen molar-refractivity contribution in [2.24, 2.45) is 4.99 Å². The molecule has 0 unspecified atom stereocenters. The summed E-state index contributed by atoms with van der Waals surface area (Å²) in [7, 11) is 0. The van der Waals surface area contributed by atoms with E-state index in [1.165, 1.54) is 0 Å². The van der Waals surface area contributed by atoms with Crippen LogP contribution in [0.4, 0.5) is 0 Å². The van der Waals surface area contributed by atoms with Crippen LogP contribution in [0, 0.1) is 0 Å². The minimum Gasteiger partial charge on any atom is -0.489 e. The Morgan fingerprint density at radius 3 is 2.64 bits per heavy atom. The number of amides is 1. The Morgan fingerprint density at radius 2 is 2.00 bits per heavy atom. The van der Waals surface area contributed by atoms with Crippen molar-refractivity contribution < 1.29 is 9.53 Å². The topological polar surface area (TPSA) is 74.8 Å². The van der Waals surface area contributed by atoms with Crippen LogP contribution in [-0.4, -0.2) is 37.1 Å². The fraction of sp³-hybridized carbons (Fsp3) is 0.474. The average molecular weight is 346 g/mol. The highest BCUT2D eigenvalue weighted by Crippen LogP contribution is 2.18. The quantitative estimate of drug-likeness (QED) is 0.383. The van der Waals surface area contributed by atoms with E-state index < -0.39 is 0 Å². The molecule has 25 heavy (non-hydrogen) atoms. The van der Waals surface area contributed by atoms with Crippen molar-refractivity contribution in [2.45, 2.75) is 39.8 Å². The molecule has 1 rings (SSSR count). The first kappa shape index (κ1) is 20.5. The molecule has 0 bridgehead atoms. The maximum atomic E-state index is 11.9. The van der Waals surface area contributed by atoms with Crippen LogP contribution in [-0.2, 0) is 11.3 Å². The predicted molar refractivity (Wildman–Crippen MR) is 103 cm³/mol. The summed E-state index contributed by atoms with van der Waals surface area (Å²) in [5.74, 6) is 1.30. The largest absolute Gasteiger partial charge is 0.489 e. The number of nitrogens with one attached hydrogen (secondary N) is 3. The van der Waals surface area contributed by atoms with Gasteiger partial charge in [0, 0.05) is 17.6 Å². The van der Waals surface area contributed by atoms with Gasteiger partial charge in [-0.05, 0) is 33.8 Å². The van der Waals surface area contributed by atoms with Crippen molar-refractivity contribution in [3.63, 3.8) is 0 Å². The number of ether oxygens (including phenoxy) is 1. The first-order chi connectivity index (χ1) is 11.9. The molecular weight excluding hydrogens is 316 g/mol. The Bertz CT molecular complexity index is 591. The van der Waals surface area contributed by atoms with E-state index in [4.69, 9.17) is 4.74 Å². The zero-order valence-corrected chi connectivity index (χ0v) is 15.7. The molecule has 1 aromatic carbocycles. The molecule has 0 aliphatic rings. The number of nitrogens with zero attached hydrogens (tertiary/aromatic N) is 1. The highest BCUT2D eigenvalue weighted by Gasteiger charge is 2.13. The summed E-state index contributed by atoms with van der Waals surface area (Å²) in [6.07, 6.45) is 1.71. The number of carbonyl (C=O) groups is 1. The van der Waals surface area contributed by atoms with Gasteiger partial charge >= 0.3 is 0 Å². The Balaban J connectivity index is 2.69. The van der Waals surface area contributed by atoms with Gasteiger partial charge in [0.25, 0.3) is 0 Å². The van der Waals surface area contributed by atoms with Gasteiger partial charge in [0.2, 0.25) is 5.91 Å². The van der Waals surface area contributed by atoms with Gasteiger partial charge in [0.15, 0.2) is 5.96 Å². The number of guanidine groups is 1. The zero-order chi connectivity index (χ0) is 18.7. The van der Waals surface area contributed by atoms with Crippen molar-refractivity contribution in [1.29, 1.82) is 0 Å². The summed E-state index contributed by atoms with van der Waals surface area (Å²) in [5, 5.41) is 9.09. The summed E-state index contributed by atoms with van der Waals surface area (Å²) in [6.45, 7) is 13.3. The summed E-state index contributed by atoms with van der Waals surface area (Å²) >= 11 is 0. The number of rotatable bonds is 8. The molecule has 0 atom stereocenters. The number of benzene rings is 1. The van der Waals surface area contributed by atoms with E-state index in [0.29, 0.717) is 25.7 Å². The van der Waals surface area contributed by atoms with Crippen molar-refractivity contribution in [3.8, 4) is 5.75 Å². The Labute approximate surface area is 150 Å². The molecule has 6 heteroatoms. The molecular formula is C19H30N4O2. The second-order valence-electron chi connectivity index (χ2n) is 6.55. The van der Waals surface area contributed by atoms with Crippen LogP contribution in [0.1, 0.15) is 33.3 Å². The Morgan fingerprint density at radius 1 is 1.28 bits per heavy atom. The van der Waals surface area contributed by atoms with Crippen molar-refractivity contribution in [2.75, 3.05) is 19.7 Å². The molecule has 0 radical (unpaired) electrons. The summed E-state index contributed by atoms with van der Waals surface area (Å²) < 4.78 is 5.64. The second kappa shape index (κ2) is 10.4. The molecule has 6 nitrogen and oxygen atoms in total. The van der Waals surface area contributed by atoms with Gasteiger partial charge in [-0.25, -0.2) is 4.99 Å². The van der Waals surface area contributed by atoms with Crippen LogP contribution in [0.5, 0.6) is 5.75 Å². The number of aliphatic imine (C=N–C) groups is 1. The molecule has 1 aromatic rings. The number of carbonyl (C=O) groups excluding carboxylic acids is 1. The molecule has 138 valence electrons. The van der Waals surface area contributed by atoms with Gasteiger partial charge < -0.3 is 20.7 Å². The van der Waals surface area contributed by atoms with Gasteiger partial charge in [0.05, 0.1) is 13.1 Å². The van der Waals surface area contributed by atoms with E-state index in [1.807, 2.05) is 52.0 Å². The lowest BCUT2D eigenvalue weighted by atomic mass is 10.1. The molecule has 0 saturated carbocycles. The molecule has 1 amide bonds. The molecule has 0 heterocycles. The highest BCUT2D eigenvalue weighted by molar-refractivity contribution is 5.86. The third kappa shape index (κ3) is 8.79. The predicted octanol–water partition coefficient (Wildman–Crippen LogP) is 2.22. The summed E-state index contributed by atoms with van der Waals surface area (Å²) in [5.41, 5.74) is 0.719. The van der Waals surface area contributed by atoms with Crippen LogP contribution in [0.2, 0.25) is 0 Å². The standard InChI is InChI=1S/C19H30N4O2/c1-6-12-25-16-11-9-8-10-15(16)13-21-18(20-7-2)22-14-17(24)23-19(3,4)5/h6,8-11H,1,7,12-14H2,2-5H3,(H,23,24)(H2,20,21,22). The minimum atomic E-state index is -0.254. The smallest absolute Gasteiger partial charge is 0.239 e. The minimum absolute atomic E-state index is 0.0761. The number of hydrogen-bond donors (Lipinski definition) is 3. The van der Waals surface area contributed by atoms with Gasteiger partial charge in [-0.15, -0.1) is 0 Å². The fourth-order valence-electron chi connectivity index (χ4n) is 2.06. The van der Waals surface area contributed by atoms with Crippen LogP contribution >= 0.6 is 0 Å². The summed E-state index contributed by atoms with van der Waals surface area (Å²) in [6, 6.07) is 7.75. The molecule has 0 spiro atoms. The number of hydrogen-bond acceptors (Lipinski definition) is 3. The lowest BCUT2D eigenvalue weighted by Gasteiger charge is -2.21. The van der Waals surface area contributed by atoms with E-state index in [1.54, 1.807) is 6.08 Å². The molecule has 3 N–H and O–H groups in total. The normalized spacial score (nSPS) is 11.6. The first-order valence-electron chi connectivity index (χ1n) is 8.50. The number of para-hydroxylation sites is 1. The monoisotopic (exact) mass is 346 g/mol. The van der Waals surface area contributed by atoms with E-state index in [-0.39, 0.29) is 18.0 Å². The third-order valence-corrected chi connectivity index (χ3v) is 3.01. The van der Waals surface area contributed by atoms with Crippen LogP contribution in [0.25, 0.3) is 0 Å². The third-order valence-electron chi connectivity index (χ3n) is 3.01. The van der Waals surface area contributed by atoms with Gasteiger partial charge in [-0.2, -0.15) is 0 Å². The van der Waals surface area contributed by atoms with Crippen molar-refractivity contribution >= 4 is 11.9 Å². The maximum absolute atomic E-state index is 11.9. The molecule has 0 fully saturated rings. The SMILES string of the molecule is C=CCOc1ccccc1CN=C(NCC)NCC(=O)NC(C)(C)C. The molecule has 0 saturated heterocycles. The van der Waals surface area contributed by atoms with Crippen LogP contribution < -0.4 is 20.7 Å². The molecule has 0 aliphatic carbocycles. The van der Waals surface area contributed by atoms with Crippen molar-refractivity contribution in [3.05, 3.63) is 42.5 Å². The zero-order valence-electron chi connectivity index (χ0n) is 15.7. The lowest BCUT2D eigenvalue weighted by molar-refractivity contribution is -0.121. The maximum Gasteiger partial charge on any atom is 0.239 e. The van der Waals surface area contributed by atoms with Crippen LogP contribution in [0.15, 0.2) is 41.9 Å². The van der Waals surface area contributed by atoms with Crippen molar-refractivity contribution in [1.82, 2.24) is 16.0 Å². The van der Waals surface area contributed by atoms with E-state index in [9.17, 15) is 4.79 Å². The average Bonchev–Trinajstić information content (AvgIpc) is 2.54. The van der Waals surface area contributed by atoms with Gasteiger partial charge in [0.1, 0.15) is 12.4 Å². The van der Waals surface area contributed by atoms with Crippen LogP contribution in [0.3, 0.4) is 0 Å². The summed E-state index contributed by atoms with van der Waals surface area (Å²) in [4.78, 5) is 16.5. The van der Waals surface area contributed by atoms with E-state index >= 15 is 0 Å². The highest BCUT2D eigenvalue weighted by atomic mass is 16.5. The molecule has 0 aromatic heterocycles.